The van der Waals surface area contributed by atoms with E-state index < -0.39 is 0 Å². The molecule has 1 aliphatic heterocycles. The summed E-state index contributed by atoms with van der Waals surface area (Å²) in [5.41, 5.74) is 1.92. The summed E-state index contributed by atoms with van der Waals surface area (Å²) in [5, 5.41) is 3.01. The standard InChI is InChI=1S/C22H27N3O3/c1-2-3-17-4-6-20(7-5-17)28-16-21(26)24-19-10-14-25(15-11-19)22(27)18-8-12-23-13-9-18/h4-9,12-13,19H,2-3,10-11,14-16H2,1H3,(H,24,26). The summed E-state index contributed by atoms with van der Waals surface area (Å²) in [6, 6.07) is 11.4. The fourth-order valence-corrected chi connectivity index (χ4v) is 3.36. The molecule has 1 aromatic heterocycles. The monoisotopic (exact) mass is 381 g/mol. The lowest BCUT2D eigenvalue weighted by Crippen LogP contribution is -2.47. The molecule has 6 nitrogen and oxygen atoms in total. The molecule has 6 heteroatoms. The molecule has 2 amide bonds. The lowest BCUT2D eigenvalue weighted by atomic mass is 10.0. The molecule has 1 N–H and O–H groups in total. The molecule has 0 unspecified atom stereocenters. The summed E-state index contributed by atoms with van der Waals surface area (Å²) in [7, 11) is 0. The first-order valence-corrected chi connectivity index (χ1v) is 9.86. The zero-order chi connectivity index (χ0) is 19.8. The van der Waals surface area contributed by atoms with E-state index in [2.05, 4.69) is 17.2 Å². The second kappa shape index (κ2) is 9.88. The Hall–Kier alpha value is -2.89. The van der Waals surface area contributed by atoms with E-state index in [1.54, 1.807) is 24.5 Å². The van der Waals surface area contributed by atoms with Crippen LogP contribution in [-0.2, 0) is 11.2 Å². The number of benzene rings is 1. The molecule has 3 rings (SSSR count). The van der Waals surface area contributed by atoms with E-state index in [1.807, 2.05) is 29.2 Å². The summed E-state index contributed by atoms with van der Waals surface area (Å²) in [4.78, 5) is 30.4. The van der Waals surface area contributed by atoms with E-state index in [9.17, 15) is 9.59 Å². The highest BCUT2D eigenvalue weighted by molar-refractivity contribution is 5.94. The minimum Gasteiger partial charge on any atom is -0.484 e. The van der Waals surface area contributed by atoms with Crippen molar-refractivity contribution in [2.45, 2.75) is 38.6 Å². The molecule has 0 atom stereocenters. The van der Waals surface area contributed by atoms with Crippen LogP contribution in [0.25, 0.3) is 0 Å². The Kier molecular flexibility index (Phi) is 7.00. The lowest BCUT2D eigenvalue weighted by molar-refractivity contribution is -0.124. The maximum atomic E-state index is 12.4. The van der Waals surface area contributed by atoms with Gasteiger partial charge >= 0.3 is 0 Å². The van der Waals surface area contributed by atoms with E-state index >= 15 is 0 Å². The number of piperidine rings is 1. The van der Waals surface area contributed by atoms with Gasteiger partial charge in [0.05, 0.1) is 0 Å². The zero-order valence-corrected chi connectivity index (χ0v) is 16.3. The maximum absolute atomic E-state index is 12.4. The van der Waals surface area contributed by atoms with Gasteiger partial charge in [0.15, 0.2) is 6.61 Å². The quantitative estimate of drug-likeness (QED) is 0.801. The molecule has 0 radical (unpaired) electrons. The van der Waals surface area contributed by atoms with Crippen molar-refractivity contribution in [2.75, 3.05) is 19.7 Å². The largest absolute Gasteiger partial charge is 0.484 e. The molecular weight excluding hydrogens is 354 g/mol. The van der Waals surface area contributed by atoms with Gasteiger partial charge in [-0.3, -0.25) is 14.6 Å². The van der Waals surface area contributed by atoms with E-state index in [-0.39, 0.29) is 24.5 Å². The number of nitrogens with one attached hydrogen (secondary N) is 1. The number of rotatable bonds is 7. The van der Waals surface area contributed by atoms with Crippen LogP contribution in [-0.4, -0.2) is 47.4 Å². The van der Waals surface area contributed by atoms with Gasteiger partial charge in [0.1, 0.15) is 5.75 Å². The smallest absolute Gasteiger partial charge is 0.258 e. The zero-order valence-electron chi connectivity index (χ0n) is 16.3. The summed E-state index contributed by atoms with van der Waals surface area (Å²) in [6.07, 6.45) is 6.89. The third-order valence-corrected chi connectivity index (χ3v) is 4.91. The minimum absolute atomic E-state index is 0.00326. The van der Waals surface area contributed by atoms with Crippen molar-refractivity contribution in [1.82, 2.24) is 15.2 Å². The van der Waals surface area contributed by atoms with Crippen molar-refractivity contribution in [3.8, 4) is 5.75 Å². The molecule has 148 valence electrons. The number of likely N-dealkylation sites (tertiary alicyclic amines) is 1. The van der Waals surface area contributed by atoms with E-state index in [1.165, 1.54) is 5.56 Å². The van der Waals surface area contributed by atoms with Crippen LogP contribution in [0.1, 0.15) is 42.1 Å². The van der Waals surface area contributed by atoms with Gasteiger partial charge in [-0.05, 0) is 49.1 Å². The van der Waals surface area contributed by atoms with E-state index in [0.29, 0.717) is 24.4 Å². The molecule has 1 fully saturated rings. The van der Waals surface area contributed by atoms with Gasteiger partial charge in [-0.25, -0.2) is 0 Å². The Morgan fingerprint density at radius 2 is 1.79 bits per heavy atom. The third kappa shape index (κ3) is 5.55. The fourth-order valence-electron chi connectivity index (χ4n) is 3.36. The molecule has 1 aromatic carbocycles. The number of pyridine rings is 1. The molecule has 0 spiro atoms. The molecule has 2 heterocycles. The topological polar surface area (TPSA) is 71.5 Å². The summed E-state index contributed by atoms with van der Waals surface area (Å²) >= 11 is 0. The van der Waals surface area contributed by atoms with Gasteiger partial charge < -0.3 is 15.0 Å². The molecule has 1 aliphatic rings. The number of nitrogens with zero attached hydrogens (tertiary/aromatic N) is 2. The summed E-state index contributed by atoms with van der Waals surface area (Å²) in [6.45, 7) is 3.41. The van der Waals surface area contributed by atoms with Crippen LogP contribution in [0.4, 0.5) is 0 Å². The molecule has 28 heavy (non-hydrogen) atoms. The van der Waals surface area contributed by atoms with Gasteiger partial charge in [-0.15, -0.1) is 0 Å². The van der Waals surface area contributed by atoms with Gasteiger partial charge in [-0.2, -0.15) is 0 Å². The first kappa shape index (κ1) is 19.9. The average Bonchev–Trinajstić information content (AvgIpc) is 2.74. The predicted octanol–water partition coefficient (Wildman–Crippen LogP) is 2.83. The molecule has 2 aromatic rings. The number of aromatic nitrogens is 1. The highest BCUT2D eigenvalue weighted by Crippen LogP contribution is 2.15. The number of aryl methyl sites for hydroxylation is 1. The van der Waals surface area contributed by atoms with Gasteiger partial charge in [0.25, 0.3) is 11.8 Å². The third-order valence-electron chi connectivity index (χ3n) is 4.91. The Morgan fingerprint density at radius 3 is 2.43 bits per heavy atom. The van der Waals surface area contributed by atoms with Crippen LogP contribution < -0.4 is 10.1 Å². The average molecular weight is 381 g/mol. The van der Waals surface area contributed by atoms with Crippen molar-refractivity contribution >= 4 is 11.8 Å². The van der Waals surface area contributed by atoms with Crippen molar-refractivity contribution in [3.63, 3.8) is 0 Å². The Bertz CT molecular complexity index is 769. The second-order valence-corrected chi connectivity index (χ2v) is 7.05. The van der Waals surface area contributed by atoms with Gasteiger partial charge in [-0.1, -0.05) is 25.5 Å². The Labute approximate surface area is 165 Å². The molecule has 1 saturated heterocycles. The Morgan fingerprint density at radius 1 is 1.11 bits per heavy atom. The van der Waals surface area contributed by atoms with Crippen molar-refractivity contribution in [3.05, 3.63) is 59.9 Å². The SMILES string of the molecule is CCCc1ccc(OCC(=O)NC2CCN(C(=O)c3ccncc3)CC2)cc1. The first-order chi connectivity index (χ1) is 13.7. The minimum atomic E-state index is -0.128. The summed E-state index contributed by atoms with van der Waals surface area (Å²) < 4.78 is 5.58. The maximum Gasteiger partial charge on any atom is 0.258 e. The fraction of sp³-hybridized carbons (Fsp3) is 0.409. The first-order valence-electron chi connectivity index (χ1n) is 9.86. The predicted molar refractivity (Wildman–Crippen MR) is 107 cm³/mol. The van der Waals surface area contributed by atoms with Crippen LogP contribution >= 0.6 is 0 Å². The highest BCUT2D eigenvalue weighted by Gasteiger charge is 2.24. The second-order valence-electron chi connectivity index (χ2n) is 7.05. The van der Waals surface area contributed by atoms with Gasteiger partial charge in [0.2, 0.25) is 0 Å². The van der Waals surface area contributed by atoms with Gasteiger partial charge in [0, 0.05) is 37.1 Å². The molecular formula is C22H27N3O3. The van der Waals surface area contributed by atoms with Crippen LogP contribution in [0, 0.1) is 0 Å². The van der Waals surface area contributed by atoms with E-state index in [4.69, 9.17) is 4.74 Å². The Balaban J connectivity index is 1.39. The molecule has 0 aliphatic carbocycles. The van der Waals surface area contributed by atoms with Crippen LogP contribution in [0.5, 0.6) is 5.75 Å². The lowest BCUT2D eigenvalue weighted by Gasteiger charge is -2.32. The van der Waals surface area contributed by atoms with Crippen LogP contribution in [0.2, 0.25) is 0 Å². The van der Waals surface area contributed by atoms with Crippen molar-refractivity contribution in [2.24, 2.45) is 0 Å². The number of amides is 2. The van der Waals surface area contributed by atoms with E-state index in [0.717, 1.165) is 25.7 Å². The van der Waals surface area contributed by atoms with Crippen LogP contribution in [0.15, 0.2) is 48.8 Å². The summed E-state index contributed by atoms with van der Waals surface area (Å²) in [5.74, 6) is 0.589. The number of hydrogen-bond donors (Lipinski definition) is 1. The number of carbonyl (C=O) groups is 2. The van der Waals surface area contributed by atoms with Crippen molar-refractivity contribution in [1.29, 1.82) is 0 Å². The number of carbonyl (C=O) groups excluding carboxylic acids is 2. The highest BCUT2D eigenvalue weighted by atomic mass is 16.5. The molecule has 0 bridgehead atoms. The normalized spacial score (nSPS) is 14.5. The molecule has 0 saturated carbocycles. The number of ether oxygens (including phenoxy) is 1. The van der Waals surface area contributed by atoms with Crippen molar-refractivity contribution < 1.29 is 14.3 Å². The number of hydrogen-bond acceptors (Lipinski definition) is 4. The van der Waals surface area contributed by atoms with Crippen LogP contribution in [0.3, 0.4) is 0 Å².